The molecule has 0 bridgehead atoms. The summed E-state index contributed by atoms with van der Waals surface area (Å²) in [5.41, 5.74) is 0. The Balaban J connectivity index is 2.38. The lowest BCUT2D eigenvalue weighted by atomic mass is 10.3. The zero-order valence-corrected chi connectivity index (χ0v) is 13.6. The molecule has 7 heteroatoms. The molecular weight excluding hydrogens is 354 g/mol. The second kappa shape index (κ2) is 5.99. The van der Waals surface area contributed by atoms with Crippen molar-refractivity contribution in [2.75, 3.05) is 7.11 Å². The third-order valence-corrected chi connectivity index (χ3v) is 5.48. The Hall–Kier alpha value is -0.300. The fourth-order valence-electron chi connectivity index (χ4n) is 2.26. The average Bonchev–Trinajstić information content (AvgIpc) is 2.80. The van der Waals surface area contributed by atoms with E-state index in [9.17, 15) is 8.42 Å². The van der Waals surface area contributed by atoms with Gasteiger partial charge in [0.15, 0.2) is 5.75 Å². The van der Waals surface area contributed by atoms with Gasteiger partial charge in [-0.3, -0.25) is 0 Å². The minimum atomic E-state index is -3.62. The predicted octanol–water partition coefficient (Wildman–Crippen LogP) is 3.33. The second-order valence-electron chi connectivity index (χ2n) is 4.52. The maximum atomic E-state index is 12.4. The first-order valence-corrected chi connectivity index (χ1v) is 8.65. The minimum Gasteiger partial charge on any atom is -0.494 e. The van der Waals surface area contributed by atoms with E-state index in [-0.39, 0.29) is 16.7 Å². The highest BCUT2D eigenvalue weighted by Crippen LogP contribution is 2.35. The van der Waals surface area contributed by atoms with Gasteiger partial charge < -0.3 is 4.74 Å². The molecule has 1 saturated carbocycles. The fourth-order valence-corrected chi connectivity index (χ4v) is 4.95. The van der Waals surface area contributed by atoms with E-state index < -0.39 is 10.0 Å². The van der Waals surface area contributed by atoms with Gasteiger partial charge in [0.1, 0.15) is 4.90 Å². The number of halogens is 2. The molecule has 0 atom stereocenters. The van der Waals surface area contributed by atoms with Crippen molar-refractivity contribution in [2.24, 2.45) is 0 Å². The monoisotopic (exact) mass is 367 g/mol. The summed E-state index contributed by atoms with van der Waals surface area (Å²) in [7, 11) is -2.19. The lowest BCUT2D eigenvalue weighted by Gasteiger charge is -2.16. The van der Waals surface area contributed by atoms with Gasteiger partial charge in [0.2, 0.25) is 10.0 Å². The molecule has 0 saturated heterocycles. The van der Waals surface area contributed by atoms with Crippen LogP contribution in [0.2, 0.25) is 5.02 Å². The molecule has 1 N–H and O–H groups in total. The molecule has 1 aliphatic rings. The topological polar surface area (TPSA) is 55.4 Å². The normalized spacial score (nSPS) is 16.8. The van der Waals surface area contributed by atoms with Crippen molar-refractivity contribution in [3.05, 3.63) is 21.6 Å². The number of rotatable bonds is 4. The van der Waals surface area contributed by atoms with E-state index in [1.54, 1.807) is 6.07 Å². The second-order valence-corrected chi connectivity index (χ2v) is 7.49. The number of methoxy groups -OCH3 is 1. The van der Waals surface area contributed by atoms with Crippen molar-refractivity contribution in [1.82, 2.24) is 4.72 Å². The smallest absolute Gasteiger partial charge is 0.244 e. The third kappa shape index (κ3) is 3.42. The molecule has 0 heterocycles. The molecule has 1 fully saturated rings. The van der Waals surface area contributed by atoms with Gasteiger partial charge in [-0.05, 0) is 40.9 Å². The molecule has 0 aliphatic heterocycles. The highest BCUT2D eigenvalue weighted by Gasteiger charge is 2.27. The number of sulfonamides is 1. The van der Waals surface area contributed by atoms with Gasteiger partial charge in [0, 0.05) is 11.1 Å². The summed E-state index contributed by atoms with van der Waals surface area (Å²) < 4.78 is 33.2. The van der Waals surface area contributed by atoms with Crippen molar-refractivity contribution < 1.29 is 13.2 Å². The Morgan fingerprint density at radius 3 is 2.58 bits per heavy atom. The first-order chi connectivity index (χ1) is 8.94. The molecular formula is C12H15BrClNO3S. The van der Waals surface area contributed by atoms with E-state index in [1.165, 1.54) is 13.2 Å². The lowest BCUT2D eigenvalue weighted by molar-refractivity contribution is 0.399. The zero-order chi connectivity index (χ0) is 14.0. The van der Waals surface area contributed by atoms with Crippen LogP contribution in [0, 0.1) is 0 Å². The van der Waals surface area contributed by atoms with Crippen LogP contribution in [0.25, 0.3) is 0 Å². The molecule has 0 spiro atoms. The molecule has 0 amide bonds. The van der Waals surface area contributed by atoms with Crippen molar-refractivity contribution in [3.63, 3.8) is 0 Å². The van der Waals surface area contributed by atoms with Crippen molar-refractivity contribution in [2.45, 2.75) is 36.6 Å². The van der Waals surface area contributed by atoms with Crippen LogP contribution in [-0.2, 0) is 10.0 Å². The summed E-state index contributed by atoms with van der Waals surface area (Å²) in [5.74, 6) is 0.273. The minimum absolute atomic E-state index is 0.00691. The van der Waals surface area contributed by atoms with Gasteiger partial charge in [-0.25, -0.2) is 13.1 Å². The first kappa shape index (κ1) is 15.1. The summed E-state index contributed by atoms with van der Waals surface area (Å²) in [6.45, 7) is 0. The van der Waals surface area contributed by atoms with E-state index >= 15 is 0 Å². The van der Waals surface area contributed by atoms with Crippen molar-refractivity contribution in [3.8, 4) is 5.75 Å². The van der Waals surface area contributed by atoms with Crippen LogP contribution >= 0.6 is 27.5 Å². The maximum Gasteiger partial charge on any atom is 0.244 e. The quantitative estimate of drug-likeness (QED) is 0.887. The molecule has 19 heavy (non-hydrogen) atoms. The predicted molar refractivity (Wildman–Crippen MR) is 78.3 cm³/mol. The van der Waals surface area contributed by atoms with Crippen LogP contribution in [0.4, 0.5) is 0 Å². The highest BCUT2D eigenvalue weighted by molar-refractivity contribution is 9.10. The van der Waals surface area contributed by atoms with E-state index in [2.05, 4.69) is 20.7 Å². The van der Waals surface area contributed by atoms with Gasteiger partial charge in [-0.2, -0.15) is 0 Å². The number of ether oxygens (including phenoxy) is 1. The molecule has 0 unspecified atom stereocenters. The van der Waals surface area contributed by atoms with E-state index in [0.717, 1.165) is 25.7 Å². The highest BCUT2D eigenvalue weighted by atomic mass is 79.9. The fraction of sp³-hybridized carbons (Fsp3) is 0.500. The maximum absolute atomic E-state index is 12.4. The summed E-state index contributed by atoms with van der Waals surface area (Å²) in [6, 6.07) is 3.02. The van der Waals surface area contributed by atoms with E-state index in [4.69, 9.17) is 16.3 Å². The van der Waals surface area contributed by atoms with Crippen LogP contribution in [-0.4, -0.2) is 21.6 Å². The molecule has 1 aliphatic carbocycles. The summed E-state index contributed by atoms with van der Waals surface area (Å²) in [6.07, 6.45) is 3.87. The molecule has 1 aromatic carbocycles. The van der Waals surface area contributed by atoms with Gasteiger partial charge in [0.25, 0.3) is 0 Å². The Morgan fingerprint density at radius 1 is 1.37 bits per heavy atom. The number of benzene rings is 1. The third-order valence-electron chi connectivity index (χ3n) is 3.14. The van der Waals surface area contributed by atoms with Gasteiger partial charge >= 0.3 is 0 Å². The van der Waals surface area contributed by atoms with Crippen molar-refractivity contribution in [1.29, 1.82) is 0 Å². The first-order valence-electron chi connectivity index (χ1n) is 5.99. The van der Waals surface area contributed by atoms with Crippen molar-refractivity contribution >= 4 is 37.6 Å². The van der Waals surface area contributed by atoms with Crippen LogP contribution in [0.15, 0.2) is 21.5 Å². The van der Waals surface area contributed by atoms with Crippen LogP contribution in [0.1, 0.15) is 25.7 Å². The SMILES string of the molecule is COc1c(Br)cc(Cl)cc1S(=O)(=O)NC1CCCC1. The molecule has 0 aromatic heterocycles. The number of nitrogens with one attached hydrogen (secondary N) is 1. The lowest BCUT2D eigenvalue weighted by Crippen LogP contribution is -2.32. The Bertz CT molecular complexity index is 571. The average molecular weight is 369 g/mol. The van der Waals surface area contributed by atoms with Gasteiger partial charge in [0.05, 0.1) is 11.6 Å². The number of hydrogen-bond acceptors (Lipinski definition) is 3. The van der Waals surface area contributed by atoms with E-state index in [1.807, 2.05) is 0 Å². The Morgan fingerprint density at radius 2 is 2.00 bits per heavy atom. The van der Waals surface area contributed by atoms with Gasteiger partial charge in [-0.15, -0.1) is 0 Å². The zero-order valence-electron chi connectivity index (χ0n) is 10.4. The van der Waals surface area contributed by atoms with Crippen LogP contribution in [0.5, 0.6) is 5.75 Å². The number of hydrogen-bond donors (Lipinski definition) is 1. The Labute approximate surface area is 126 Å². The molecule has 1 aromatic rings. The van der Waals surface area contributed by atoms with Crippen LogP contribution < -0.4 is 9.46 Å². The summed E-state index contributed by atoms with van der Waals surface area (Å²) in [5, 5.41) is 0.347. The molecule has 4 nitrogen and oxygen atoms in total. The summed E-state index contributed by atoms with van der Waals surface area (Å²) in [4.78, 5) is 0.0706. The largest absolute Gasteiger partial charge is 0.494 e. The molecule has 2 rings (SSSR count). The van der Waals surface area contributed by atoms with E-state index in [0.29, 0.717) is 9.50 Å². The molecule has 0 radical (unpaired) electrons. The molecule has 106 valence electrons. The Kier molecular flexibility index (Phi) is 4.76. The standard InChI is InChI=1S/C12H15BrClNO3S/c1-18-12-10(13)6-8(14)7-11(12)19(16,17)15-9-4-2-3-5-9/h6-7,9,15H,2-5H2,1H3. The summed E-state index contributed by atoms with van der Waals surface area (Å²) >= 11 is 9.19. The van der Waals surface area contributed by atoms with Gasteiger partial charge in [-0.1, -0.05) is 24.4 Å². The van der Waals surface area contributed by atoms with Crippen LogP contribution in [0.3, 0.4) is 0 Å².